The van der Waals surface area contributed by atoms with Crippen LogP contribution in [0.15, 0.2) is 30.3 Å². The van der Waals surface area contributed by atoms with Crippen LogP contribution in [0.3, 0.4) is 0 Å². The molecule has 1 N–H and O–H groups in total. The van der Waals surface area contributed by atoms with Crippen molar-refractivity contribution in [2.24, 2.45) is 5.92 Å². The molecule has 1 aliphatic carbocycles. The van der Waals surface area contributed by atoms with Crippen molar-refractivity contribution in [3.8, 4) is 0 Å². The maximum Gasteiger partial charge on any atom is 0.0701 e. The largest absolute Gasteiger partial charge is 0.396 e. The third-order valence-electron chi connectivity index (χ3n) is 2.76. The summed E-state index contributed by atoms with van der Waals surface area (Å²) in [6.45, 7) is 0.220. The van der Waals surface area contributed by atoms with Gasteiger partial charge in [-0.3, -0.25) is 0 Å². The molecule has 3 atom stereocenters. The van der Waals surface area contributed by atoms with Gasteiger partial charge >= 0.3 is 0 Å². The molecule has 2 nitrogen and oxygen atoms in total. The van der Waals surface area contributed by atoms with Crippen molar-refractivity contribution >= 4 is 0 Å². The van der Waals surface area contributed by atoms with E-state index in [0.717, 1.165) is 0 Å². The highest BCUT2D eigenvalue weighted by molar-refractivity contribution is 5.29. The van der Waals surface area contributed by atoms with Crippen molar-refractivity contribution in [3.63, 3.8) is 0 Å². The van der Waals surface area contributed by atoms with Gasteiger partial charge < -0.3 is 9.84 Å². The van der Waals surface area contributed by atoms with E-state index in [-0.39, 0.29) is 12.7 Å². The minimum absolute atomic E-state index is 0.215. The summed E-state index contributed by atoms with van der Waals surface area (Å²) < 4.78 is 5.27. The van der Waals surface area contributed by atoms with Crippen molar-refractivity contribution in [2.45, 2.75) is 12.0 Å². The van der Waals surface area contributed by atoms with E-state index in [1.165, 1.54) is 5.56 Å². The zero-order valence-corrected chi connectivity index (χ0v) is 7.68. The van der Waals surface area contributed by atoms with E-state index in [1.54, 1.807) is 7.11 Å². The standard InChI is InChI=1S/C11H14O2/c1-13-11-9(7-12)10(11)8-5-3-2-4-6-8/h2-6,9-12H,7H2,1H3/t9-,10-,11+/m1/s1. The van der Waals surface area contributed by atoms with Gasteiger partial charge in [-0.2, -0.15) is 0 Å². The van der Waals surface area contributed by atoms with Gasteiger partial charge in [0.25, 0.3) is 0 Å². The van der Waals surface area contributed by atoms with E-state index in [2.05, 4.69) is 12.1 Å². The van der Waals surface area contributed by atoms with Crippen LogP contribution in [0, 0.1) is 5.92 Å². The van der Waals surface area contributed by atoms with Gasteiger partial charge in [0, 0.05) is 25.6 Å². The molecule has 0 unspecified atom stereocenters. The fourth-order valence-corrected chi connectivity index (χ4v) is 1.99. The average Bonchev–Trinajstić information content (AvgIpc) is 2.92. The molecule has 0 bridgehead atoms. The van der Waals surface area contributed by atoms with E-state index in [0.29, 0.717) is 11.8 Å². The summed E-state index contributed by atoms with van der Waals surface area (Å²) >= 11 is 0. The minimum Gasteiger partial charge on any atom is -0.396 e. The lowest BCUT2D eigenvalue weighted by molar-refractivity contribution is 0.149. The van der Waals surface area contributed by atoms with Gasteiger partial charge in [0.1, 0.15) is 0 Å². The number of hydrogen-bond acceptors (Lipinski definition) is 2. The van der Waals surface area contributed by atoms with Crippen LogP contribution in [0.25, 0.3) is 0 Å². The molecule has 0 spiro atoms. The molecule has 0 saturated heterocycles. The number of aliphatic hydroxyl groups is 1. The van der Waals surface area contributed by atoms with Gasteiger partial charge in [0.15, 0.2) is 0 Å². The van der Waals surface area contributed by atoms with E-state index < -0.39 is 0 Å². The maximum absolute atomic E-state index is 9.06. The molecule has 1 saturated carbocycles. The number of benzene rings is 1. The Balaban J connectivity index is 2.12. The van der Waals surface area contributed by atoms with Gasteiger partial charge in [-0.25, -0.2) is 0 Å². The summed E-state index contributed by atoms with van der Waals surface area (Å²) in [6.07, 6.45) is 0.215. The highest BCUT2D eigenvalue weighted by Gasteiger charge is 2.50. The number of methoxy groups -OCH3 is 1. The van der Waals surface area contributed by atoms with Crippen LogP contribution in [0.2, 0.25) is 0 Å². The summed E-state index contributed by atoms with van der Waals surface area (Å²) in [5, 5.41) is 9.06. The monoisotopic (exact) mass is 178 g/mol. The summed E-state index contributed by atoms with van der Waals surface area (Å²) in [5.41, 5.74) is 1.27. The van der Waals surface area contributed by atoms with Crippen LogP contribution in [-0.2, 0) is 4.74 Å². The van der Waals surface area contributed by atoms with Crippen LogP contribution in [-0.4, -0.2) is 24.9 Å². The molecule has 1 aliphatic rings. The third-order valence-corrected chi connectivity index (χ3v) is 2.76. The number of ether oxygens (including phenoxy) is 1. The van der Waals surface area contributed by atoms with Crippen molar-refractivity contribution in [1.82, 2.24) is 0 Å². The van der Waals surface area contributed by atoms with Crippen LogP contribution >= 0.6 is 0 Å². The lowest BCUT2D eigenvalue weighted by Crippen LogP contribution is -1.94. The molecule has 2 rings (SSSR count). The lowest BCUT2D eigenvalue weighted by atomic mass is 10.1. The molecule has 0 aromatic heterocycles. The summed E-state index contributed by atoms with van der Waals surface area (Å²) in [6, 6.07) is 10.2. The zero-order valence-electron chi connectivity index (χ0n) is 7.68. The van der Waals surface area contributed by atoms with Crippen LogP contribution in [0.1, 0.15) is 11.5 Å². The quantitative estimate of drug-likeness (QED) is 0.758. The molecular formula is C11H14O2. The maximum atomic E-state index is 9.06. The highest BCUT2D eigenvalue weighted by Crippen LogP contribution is 2.49. The molecule has 0 radical (unpaired) electrons. The molecule has 1 aromatic carbocycles. The molecule has 1 aromatic rings. The Morgan fingerprint density at radius 2 is 2.00 bits per heavy atom. The van der Waals surface area contributed by atoms with Crippen molar-refractivity contribution < 1.29 is 9.84 Å². The van der Waals surface area contributed by atoms with E-state index in [4.69, 9.17) is 9.84 Å². The SMILES string of the molecule is CO[C@H]1[C@H](CO)[C@H]1c1ccccc1. The van der Waals surface area contributed by atoms with Crippen molar-refractivity contribution in [1.29, 1.82) is 0 Å². The fourth-order valence-electron chi connectivity index (χ4n) is 1.99. The second-order valence-electron chi connectivity index (χ2n) is 3.48. The van der Waals surface area contributed by atoms with Gasteiger partial charge in [0.2, 0.25) is 0 Å². The predicted octanol–water partition coefficient (Wildman–Crippen LogP) is 1.41. The first-order valence-corrected chi connectivity index (χ1v) is 4.57. The Morgan fingerprint density at radius 1 is 1.31 bits per heavy atom. The Bertz CT molecular complexity index is 261. The van der Waals surface area contributed by atoms with Gasteiger partial charge in [-0.1, -0.05) is 30.3 Å². The van der Waals surface area contributed by atoms with E-state index in [9.17, 15) is 0 Å². The first kappa shape index (κ1) is 8.73. The van der Waals surface area contributed by atoms with E-state index >= 15 is 0 Å². The topological polar surface area (TPSA) is 29.5 Å². The number of rotatable bonds is 3. The lowest BCUT2D eigenvalue weighted by Gasteiger charge is -1.97. The van der Waals surface area contributed by atoms with Gasteiger partial charge in [-0.15, -0.1) is 0 Å². The van der Waals surface area contributed by atoms with Gasteiger partial charge in [0.05, 0.1) is 6.10 Å². The highest BCUT2D eigenvalue weighted by atomic mass is 16.5. The number of hydrogen-bond donors (Lipinski definition) is 1. The molecule has 0 aliphatic heterocycles. The van der Waals surface area contributed by atoms with Crippen molar-refractivity contribution in [2.75, 3.05) is 13.7 Å². The van der Waals surface area contributed by atoms with Crippen molar-refractivity contribution in [3.05, 3.63) is 35.9 Å². The normalized spacial score (nSPS) is 31.7. The Labute approximate surface area is 78.2 Å². The third kappa shape index (κ3) is 1.47. The van der Waals surface area contributed by atoms with Gasteiger partial charge in [-0.05, 0) is 5.56 Å². The molecular weight excluding hydrogens is 164 g/mol. The molecule has 2 heteroatoms. The second-order valence-corrected chi connectivity index (χ2v) is 3.48. The summed E-state index contributed by atoms with van der Waals surface area (Å²) in [5.74, 6) is 0.698. The minimum atomic E-state index is 0.215. The second kappa shape index (κ2) is 3.48. The molecule has 0 heterocycles. The molecule has 1 fully saturated rings. The zero-order chi connectivity index (χ0) is 9.26. The Hall–Kier alpha value is -0.860. The smallest absolute Gasteiger partial charge is 0.0701 e. The van der Waals surface area contributed by atoms with Crippen LogP contribution < -0.4 is 0 Å². The predicted molar refractivity (Wildman–Crippen MR) is 50.6 cm³/mol. The Morgan fingerprint density at radius 3 is 2.46 bits per heavy atom. The van der Waals surface area contributed by atoms with Crippen LogP contribution in [0.4, 0.5) is 0 Å². The molecule has 13 heavy (non-hydrogen) atoms. The Kier molecular flexibility index (Phi) is 2.34. The summed E-state index contributed by atoms with van der Waals surface area (Å²) in [4.78, 5) is 0. The summed E-state index contributed by atoms with van der Waals surface area (Å²) in [7, 11) is 1.70. The molecule has 0 amide bonds. The fraction of sp³-hybridized carbons (Fsp3) is 0.455. The first-order chi connectivity index (χ1) is 6.38. The first-order valence-electron chi connectivity index (χ1n) is 4.57. The average molecular weight is 178 g/mol. The molecule has 70 valence electrons. The van der Waals surface area contributed by atoms with Crippen LogP contribution in [0.5, 0.6) is 0 Å². The number of aliphatic hydroxyl groups excluding tert-OH is 1. The van der Waals surface area contributed by atoms with E-state index in [1.807, 2.05) is 18.2 Å².